The molecule has 1 saturated heterocycles. The van der Waals surface area contributed by atoms with Gasteiger partial charge in [-0.1, -0.05) is 30.1 Å². The van der Waals surface area contributed by atoms with E-state index in [0.29, 0.717) is 6.04 Å². The predicted octanol–water partition coefficient (Wildman–Crippen LogP) is 4.35. The number of nitrogens with zero attached hydrogens (tertiary/aromatic N) is 1. The van der Waals surface area contributed by atoms with Crippen LogP contribution in [0.2, 0.25) is 10.0 Å². The molecular weight excluding hydrogens is 303 g/mol. The van der Waals surface area contributed by atoms with Gasteiger partial charge < -0.3 is 5.32 Å². The van der Waals surface area contributed by atoms with Crippen molar-refractivity contribution in [2.24, 2.45) is 5.92 Å². The van der Waals surface area contributed by atoms with Crippen molar-refractivity contribution in [3.8, 4) is 0 Å². The zero-order chi connectivity index (χ0) is 15.0. The molecule has 1 saturated carbocycles. The number of nitrogens with one attached hydrogen (secondary N) is 1. The first-order valence-corrected chi connectivity index (χ1v) is 8.70. The Morgan fingerprint density at radius 1 is 1.33 bits per heavy atom. The molecule has 1 aliphatic carbocycles. The van der Waals surface area contributed by atoms with E-state index in [1.807, 2.05) is 18.2 Å². The van der Waals surface area contributed by atoms with Gasteiger partial charge in [0.25, 0.3) is 0 Å². The van der Waals surface area contributed by atoms with Gasteiger partial charge in [0, 0.05) is 41.3 Å². The maximum atomic E-state index is 6.35. The van der Waals surface area contributed by atoms with Gasteiger partial charge in [-0.05, 0) is 55.9 Å². The van der Waals surface area contributed by atoms with E-state index in [-0.39, 0.29) is 5.54 Å². The number of piperazine rings is 1. The Bertz CT molecular complexity index is 516. The van der Waals surface area contributed by atoms with Gasteiger partial charge in [-0.25, -0.2) is 0 Å². The first-order valence-electron chi connectivity index (χ1n) is 7.95. The first kappa shape index (κ1) is 15.6. The van der Waals surface area contributed by atoms with Gasteiger partial charge in [-0.3, -0.25) is 4.90 Å². The van der Waals surface area contributed by atoms with Crippen LogP contribution in [-0.2, 0) is 6.54 Å². The highest BCUT2D eigenvalue weighted by molar-refractivity contribution is 6.33. The molecule has 116 valence electrons. The summed E-state index contributed by atoms with van der Waals surface area (Å²) in [6, 6.07) is 6.35. The Morgan fingerprint density at radius 3 is 2.76 bits per heavy atom. The molecular formula is C17H24Cl2N2. The van der Waals surface area contributed by atoms with Crippen LogP contribution in [0.3, 0.4) is 0 Å². The van der Waals surface area contributed by atoms with Crippen LogP contribution < -0.4 is 5.32 Å². The van der Waals surface area contributed by atoms with Crippen molar-refractivity contribution in [2.45, 2.75) is 51.2 Å². The summed E-state index contributed by atoms with van der Waals surface area (Å²) in [7, 11) is 0. The van der Waals surface area contributed by atoms with Gasteiger partial charge >= 0.3 is 0 Å². The number of hydrogen-bond acceptors (Lipinski definition) is 2. The molecule has 2 atom stereocenters. The average Bonchev–Trinajstić information content (AvgIpc) is 3.28. The number of rotatable bonds is 4. The fourth-order valence-electron chi connectivity index (χ4n) is 3.55. The van der Waals surface area contributed by atoms with E-state index in [9.17, 15) is 0 Å². The fraction of sp³-hybridized carbons (Fsp3) is 0.647. The van der Waals surface area contributed by atoms with Crippen molar-refractivity contribution < 1.29 is 0 Å². The molecule has 0 radical (unpaired) electrons. The van der Waals surface area contributed by atoms with Crippen molar-refractivity contribution in [3.63, 3.8) is 0 Å². The summed E-state index contributed by atoms with van der Waals surface area (Å²) < 4.78 is 0. The van der Waals surface area contributed by atoms with Gasteiger partial charge in [0.05, 0.1) is 0 Å². The SMILES string of the molecule is CCC1CNC(C)(C2CC2)CN1Cc1cc(Cl)ccc1Cl. The summed E-state index contributed by atoms with van der Waals surface area (Å²) in [4.78, 5) is 2.59. The Labute approximate surface area is 137 Å². The van der Waals surface area contributed by atoms with Gasteiger partial charge in [0.2, 0.25) is 0 Å². The van der Waals surface area contributed by atoms with Gasteiger partial charge in [-0.2, -0.15) is 0 Å². The third-order valence-electron chi connectivity index (χ3n) is 5.12. The normalized spacial score (nSPS) is 30.6. The highest BCUT2D eigenvalue weighted by atomic mass is 35.5. The topological polar surface area (TPSA) is 15.3 Å². The van der Waals surface area contributed by atoms with E-state index in [1.165, 1.54) is 12.8 Å². The van der Waals surface area contributed by atoms with Crippen molar-refractivity contribution in [1.29, 1.82) is 0 Å². The molecule has 1 N–H and O–H groups in total. The molecule has 0 spiro atoms. The van der Waals surface area contributed by atoms with E-state index < -0.39 is 0 Å². The second-order valence-corrected chi connectivity index (χ2v) is 7.62. The van der Waals surface area contributed by atoms with Crippen LogP contribution in [-0.4, -0.2) is 29.6 Å². The van der Waals surface area contributed by atoms with E-state index in [0.717, 1.165) is 47.6 Å². The van der Waals surface area contributed by atoms with Crippen molar-refractivity contribution in [1.82, 2.24) is 10.2 Å². The van der Waals surface area contributed by atoms with Crippen molar-refractivity contribution in [3.05, 3.63) is 33.8 Å². The largest absolute Gasteiger partial charge is 0.308 e. The molecule has 0 amide bonds. The molecule has 2 aliphatic rings. The summed E-state index contributed by atoms with van der Waals surface area (Å²) in [5, 5.41) is 5.39. The van der Waals surface area contributed by atoms with Crippen LogP contribution in [0.25, 0.3) is 0 Å². The maximum Gasteiger partial charge on any atom is 0.0452 e. The van der Waals surface area contributed by atoms with Crippen LogP contribution in [0.4, 0.5) is 0 Å². The second kappa shape index (κ2) is 6.08. The minimum atomic E-state index is 0.261. The van der Waals surface area contributed by atoms with E-state index >= 15 is 0 Å². The minimum absolute atomic E-state index is 0.261. The highest BCUT2D eigenvalue weighted by Gasteiger charge is 2.45. The lowest BCUT2D eigenvalue weighted by molar-refractivity contribution is 0.0666. The highest BCUT2D eigenvalue weighted by Crippen LogP contribution is 2.42. The summed E-state index contributed by atoms with van der Waals surface area (Å²) in [6.07, 6.45) is 3.89. The Hall–Kier alpha value is -0.280. The summed E-state index contributed by atoms with van der Waals surface area (Å²) in [5.41, 5.74) is 1.40. The number of halogens is 2. The average molecular weight is 327 g/mol. The lowest BCUT2D eigenvalue weighted by atomic mass is 9.90. The van der Waals surface area contributed by atoms with Crippen LogP contribution in [0.15, 0.2) is 18.2 Å². The zero-order valence-corrected chi connectivity index (χ0v) is 14.3. The molecule has 2 nitrogen and oxygen atoms in total. The Kier molecular flexibility index (Phi) is 4.52. The van der Waals surface area contributed by atoms with E-state index in [2.05, 4.69) is 24.1 Å². The Balaban J connectivity index is 1.78. The van der Waals surface area contributed by atoms with Crippen LogP contribution in [0, 0.1) is 5.92 Å². The van der Waals surface area contributed by atoms with E-state index in [4.69, 9.17) is 23.2 Å². The monoisotopic (exact) mass is 326 g/mol. The lowest BCUT2D eigenvalue weighted by Gasteiger charge is -2.46. The van der Waals surface area contributed by atoms with Crippen LogP contribution >= 0.6 is 23.2 Å². The quantitative estimate of drug-likeness (QED) is 0.885. The molecule has 1 aliphatic heterocycles. The summed E-state index contributed by atoms with van der Waals surface area (Å²) >= 11 is 12.5. The third-order valence-corrected chi connectivity index (χ3v) is 5.72. The van der Waals surface area contributed by atoms with Crippen LogP contribution in [0.5, 0.6) is 0 Å². The second-order valence-electron chi connectivity index (χ2n) is 6.78. The summed E-state index contributed by atoms with van der Waals surface area (Å²) in [6.45, 7) is 7.70. The fourth-order valence-corrected chi connectivity index (χ4v) is 3.92. The van der Waals surface area contributed by atoms with Crippen LogP contribution in [0.1, 0.15) is 38.7 Å². The first-order chi connectivity index (χ1) is 10.0. The van der Waals surface area contributed by atoms with Crippen molar-refractivity contribution in [2.75, 3.05) is 13.1 Å². The molecule has 0 bridgehead atoms. The minimum Gasteiger partial charge on any atom is -0.308 e. The zero-order valence-electron chi connectivity index (χ0n) is 12.8. The van der Waals surface area contributed by atoms with Crippen molar-refractivity contribution >= 4 is 23.2 Å². The molecule has 1 aromatic carbocycles. The lowest BCUT2D eigenvalue weighted by Crippen LogP contribution is -2.63. The maximum absolute atomic E-state index is 6.35. The molecule has 3 rings (SSSR count). The standard InChI is InChI=1S/C17H24Cl2N2/c1-3-15-9-20-17(2,13-4-5-13)11-21(15)10-12-8-14(18)6-7-16(12)19/h6-8,13,15,20H,3-5,9-11H2,1-2H3. The Morgan fingerprint density at radius 2 is 2.10 bits per heavy atom. The molecule has 4 heteroatoms. The van der Waals surface area contributed by atoms with E-state index in [1.54, 1.807) is 0 Å². The molecule has 21 heavy (non-hydrogen) atoms. The number of benzene rings is 1. The smallest absolute Gasteiger partial charge is 0.0452 e. The van der Waals surface area contributed by atoms with Gasteiger partial charge in [-0.15, -0.1) is 0 Å². The molecule has 2 unspecified atom stereocenters. The van der Waals surface area contributed by atoms with Gasteiger partial charge in [0.1, 0.15) is 0 Å². The number of hydrogen-bond donors (Lipinski definition) is 1. The van der Waals surface area contributed by atoms with Gasteiger partial charge in [0.15, 0.2) is 0 Å². The predicted molar refractivity (Wildman–Crippen MR) is 90.1 cm³/mol. The molecule has 1 aromatic rings. The molecule has 1 heterocycles. The summed E-state index contributed by atoms with van der Waals surface area (Å²) in [5.74, 6) is 0.840. The molecule has 0 aromatic heterocycles. The third kappa shape index (κ3) is 3.39. The molecule has 2 fully saturated rings.